The lowest BCUT2D eigenvalue weighted by Crippen LogP contribution is -2.64. The Morgan fingerprint density at radius 2 is 1.26 bits per heavy atom. The molecule has 0 saturated carbocycles. The van der Waals surface area contributed by atoms with Crippen LogP contribution in [0.3, 0.4) is 0 Å². The van der Waals surface area contributed by atoms with Crippen LogP contribution in [0.2, 0.25) is 0 Å². The summed E-state index contributed by atoms with van der Waals surface area (Å²) < 4.78 is 22.5. The van der Waals surface area contributed by atoms with E-state index in [-0.39, 0.29) is 6.10 Å². The first-order chi connectivity index (χ1) is 16.3. The van der Waals surface area contributed by atoms with Gasteiger partial charge in [-0.1, -0.05) is 52.4 Å². The van der Waals surface area contributed by atoms with Gasteiger partial charge in [-0.2, -0.15) is 0 Å². The number of hydrogen-bond acceptors (Lipinski definition) is 11. The Morgan fingerprint density at radius 1 is 0.676 bits per heavy atom. The number of unbranched alkanes of at least 4 members (excludes halogenated alkanes) is 5. The summed E-state index contributed by atoms with van der Waals surface area (Å²) in [7, 11) is 0. The van der Waals surface area contributed by atoms with E-state index >= 15 is 0 Å². The summed E-state index contributed by atoms with van der Waals surface area (Å²) in [6, 6.07) is 0. The average molecular weight is 497 g/mol. The standard InChI is InChI=1S/C23H44O11/c1-3-5-6-7-8-9-10-13(4-2)31-22-20(30)18(28)21(15(12-25)33-22)34-23-19(29)17(27)16(26)14(11-24)32-23/h13-30H,3-12H2,1-2H3. The van der Waals surface area contributed by atoms with Gasteiger partial charge in [0.05, 0.1) is 19.3 Å². The molecule has 2 saturated heterocycles. The quantitative estimate of drug-likeness (QED) is 0.149. The van der Waals surface area contributed by atoms with Gasteiger partial charge in [-0.3, -0.25) is 0 Å². The second-order valence-corrected chi connectivity index (χ2v) is 9.23. The van der Waals surface area contributed by atoms with Gasteiger partial charge in [-0.05, 0) is 12.8 Å². The molecule has 2 fully saturated rings. The number of ether oxygens (including phenoxy) is 4. The Morgan fingerprint density at radius 3 is 1.88 bits per heavy atom. The molecular formula is C23H44O11. The van der Waals surface area contributed by atoms with Crippen molar-refractivity contribution in [2.24, 2.45) is 0 Å². The predicted octanol–water partition coefficient (Wildman–Crippen LogP) is -0.844. The van der Waals surface area contributed by atoms with Crippen LogP contribution < -0.4 is 0 Å². The van der Waals surface area contributed by atoms with Gasteiger partial charge in [0.1, 0.15) is 48.8 Å². The van der Waals surface area contributed by atoms with Crippen molar-refractivity contribution in [2.75, 3.05) is 13.2 Å². The van der Waals surface area contributed by atoms with E-state index in [9.17, 15) is 35.7 Å². The first-order valence-electron chi connectivity index (χ1n) is 12.5. The predicted molar refractivity (Wildman–Crippen MR) is 120 cm³/mol. The molecule has 2 rings (SSSR count). The topological polar surface area (TPSA) is 179 Å². The smallest absolute Gasteiger partial charge is 0.187 e. The minimum absolute atomic E-state index is 0.194. The van der Waals surface area contributed by atoms with Crippen LogP contribution in [0.1, 0.15) is 65.2 Å². The van der Waals surface area contributed by atoms with E-state index in [2.05, 4.69) is 6.92 Å². The highest BCUT2D eigenvalue weighted by atomic mass is 16.7. The Labute approximate surface area is 201 Å². The van der Waals surface area contributed by atoms with Crippen LogP contribution in [0.25, 0.3) is 0 Å². The molecule has 2 aliphatic heterocycles. The third-order valence-electron chi connectivity index (χ3n) is 6.62. The van der Waals surface area contributed by atoms with Crippen LogP contribution >= 0.6 is 0 Å². The zero-order valence-electron chi connectivity index (χ0n) is 20.2. The molecule has 0 amide bonds. The van der Waals surface area contributed by atoms with Crippen molar-refractivity contribution in [3.8, 4) is 0 Å². The van der Waals surface area contributed by atoms with Crippen LogP contribution in [0.5, 0.6) is 0 Å². The summed E-state index contributed by atoms with van der Waals surface area (Å²) in [5.74, 6) is 0. The zero-order valence-corrected chi connectivity index (χ0v) is 20.2. The molecule has 0 radical (unpaired) electrons. The first-order valence-corrected chi connectivity index (χ1v) is 12.5. The third kappa shape index (κ3) is 7.78. The molecular weight excluding hydrogens is 452 g/mol. The summed E-state index contributed by atoms with van der Waals surface area (Å²) in [4.78, 5) is 0. The summed E-state index contributed by atoms with van der Waals surface area (Å²) in [5, 5.41) is 70.6. The Balaban J connectivity index is 1.95. The van der Waals surface area contributed by atoms with Gasteiger partial charge < -0.3 is 54.7 Å². The highest BCUT2D eigenvalue weighted by Crippen LogP contribution is 2.30. The molecule has 0 aromatic heterocycles. The fourth-order valence-electron chi connectivity index (χ4n) is 4.38. The second kappa shape index (κ2) is 15.0. The maximum Gasteiger partial charge on any atom is 0.187 e. The van der Waals surface area contributed by atoms with Crippen LogP contribution in [-0.2, 0) is 18.9 Å². The highest BCUT2D eigenvalue weighted by Gasteiger charge is 2.50. The van der Waals surface area contributed by atoms with E-state index in [0.717, 1.165) is 25.7 Å². The largest absolute Gasteiger partial charge is 0.394 e. The van der Waals surface area contributed by atoms with E-state index in [1.807, 2.05) is 6.92 Å². The van der Waals surface area contributed by atoms with Crippen molar-refractivity contribution in [2.45, 2.75) is 133 Å². The van der Waals surface area contributed by atoms with Crippen molar-refractivity contribution in [3.63, 3.8) is 0 Å². The molecule has 7 N–H and O–H groups in total. The Hall–Kier alpha value is -0.440. The minimum Gasteiger partial charge on any atom is -0.394 e. The SMILES string of the molecule is CCCCCCCCC(CC)OC1OC(CO)C(OC2OC(CO)C(O)C(O)C2O)C(O)C1O. The molecule has 11 nitrogen and oxygen atoms in total. The van der Waals surface area contributed by atoms with E-state index in [4.69, 9.17) is 18.9 Å². The number of aliphatic hydroxyl groups excluding tert-OH is 7. The number of rotatable bonds is 14. The van der Waals surface area contributed by atoms with E-state index in [1.54, 1.807) is 0 Å². The molecule has 0 bridgehead atoms. The van der Waals surface area contributed by atoms with Crippen LogP contribution in [-0.4, -0.2) is 116 Å². The Kier molecular flexibility index (Phi) is 13.1. The van der Waals surface area contributed by atoms with E-state index < -0.39 is 74.6 Å². The van der Waals surface area contributed by atoms with Gasteiger partial charge >= 0.3 is 0 Å². The van der Waals surface area contributed by atoms with Crippen molar-refractivity contribution in [3.05, 3.63) is 0 Å². The average Bonchev–Trinajstić information content (AvgIpc) is 2.84. The maximum absolute atomic E-state index is 10.7. The third-order valence-corrected chi connectivity index (χ3v) is 6.62. The van der Waals surface area contributed by atoms with E-state index in [0.29, 0.717) is 6.42 Å². The lowest BCUT2D eigenvalue weighted by Gasteiger charge is -2.46. The van der Waals surface area contributed by atoms with Crippen LogP contribution in [0, 0.1) is 0 Å². The summed E-state index contributed by atoms with van der Waals surface area (Å²) in [6.07, 6.45) is -6.28. The van der Waals surface area contributed by atoms with Crippen molar-refractivity contribution >= 4 is 0 Å². The van der Waals surface area contributed by atoms with Gasteiger partial charge in [0.25, 0.3) is 0 Å². The molecule has 11 heteroatoms. The molecule has 34 heavy (non-hydrogen) atoms. The maximum atomic E-state index is 10.7. The molecule has 202 valence electrons. The van der Waals surface area contributed by atoms with Gasteiger partial charge in [-0.15, -0.1) is 0 Å². The van der Waals surface area contributed by atoms with Gasteiger partial charge in [0.15, 0.2) is 12.6 Å². The molecule has 0 spiro atoms. The molecule has 11 unspecified atom stereocenters. The summed E-state index contributed by atoms with van der Waals surface area (Å²) >= 11 is 0. The minimum atomic E-state index is -1.70. The lowest BCUT2D eigenvalue weighted by atomic mass is 9.97. The van der Waals surface area contributed by atoms with Crippen LogP contribution in [0.4, 0.5) is 0 Å². The van der Waals surface area contributed by atoms with Crippen molar-refractivity contribution < 1.29 is 54.7 Å². The monoisotopic (exact) mass is 496 g/mol. The van der Waals surface area contributed by atoms with Gasteiger partial charge in [-0.25, -0.2) is 0 Å². The van der Waals surface area contributed by atoms with Crippen molar-refractivity contribution in [1.29, 1.82) is 0 Å². The molecule has 0 aliphatic carbocycles. The van der Waals surface area contributed by atoms with Crippen molar-refractivity contribution in [1.82, 2.24) is 0 Å². The zero-order chi connectivity index (χ0) is 25.3. The van der Waals surface area contributed by atoms with E-state index in [1.165, 1.54) is 19.3 Å². The second-order valence-electron chi connectivity index (χ2n) is 9.23. The fraction of sp³-hybridized carbons (Fsp3) is 1.00. The fourth-order valence-corrected chi connectivity index (χ4v) is 4.38. The number of hydrogen-bond donors (Lipinski definition) is 7. The normalized spacial score (nSPS) is 39.8. The molecule has 2 heterocycles. The molecule has 11 atom stereocenters. The molecule has 0 aromatic rings. The van der Waals surface area contributed by atoms with Gasteiger partial charge in [0, 0.05) is 0 Å². The first kappa shape index (κ1) is 29.8. The highest BCUT2D eigenvalue weighted by molar-refractivity contribution is 4.94. The summed E-state index contributed by atoms with van der Waals surface area (Å²) in [5.41, 5.74) is 0. The van der Waals surface area contributed by atoms with Gasteiger partial charge in [0.2, 0.25) is 0 Å². The number of aliphatic hydroxyl groups is 7. The summed E-state index contributed by atoms with van der Waals surface area (Å²) in [6.45, 7) is 2.90. The van der Waals surface area contributed by atoms with Crippen LogP contribution in [0.15, 0.2) is 0 Å². The molecule has 2 aliphatic rings. The Bertz CT molecular complexity index is 549. The lowest BCUT2D eigenvalue weighted by molar-refractivity contribution is -0.362. The molecule has 0 aromatic carbocycles.